The highest BCUT2D eigenvalue weighted by atomic mass is 15.1. The van der Waals surface area contributed by atoms with Crippen LogP contribution in [-0.2, 0) is 0 Å². The second-order valence-electron chi connectivity index (χ2n) is 4.52. The molecule has 0 bridgehead atoms. The van der Waals surface area contributed by atoms with Crippen molar-refractivity contribution in [2.24, 2.45) is 0 Å². The van der Waals surface area contributed by atoms with Crippen LogP contribution in [0.25, 0.3) is 0 Å². The summed E-state index contributed by atoms with van der Waals surface area (Å²) in [5.41, 5.74) is 2.57. The van der Waals surface area contributed by atoms with Gasteiger partial charge in [0.25, 0.3) is 0 Å². The molecule has 1 rings (SSSR count). The van der Waals surface area contributed by atoms with Crippen LogP contribution in [0, 0.1) is 0 Å². The molecule has 0 saturated heterocycles. The van der Waals surface area contributed by atoms with E-state index in [0.29, 0.717) is 6.04 Å². The Balaban J connectivity index is 2.75. The Bertz CT molecular complexity index is 327. The minimum atomic E-state index is 0.392. The van der Waals surface area contributed by atoms with E-state index < -0.39 is 0 Å². The summed E-state index contributed by atoms with van der Waals surface area (Å²) in [5, 5.41) is 3.55. The molecule has 0 radical (unpaired) electrons. The molecule has 0 aliphatic carbocycles. The first kappa shape index (κ1) is 13.8. The van der Waals surface area contributed by atoms with Gasteiger partial charge in [0.15, 0.2) is 0 Å². The lowest BCUT2D eigenvalue weighted by molar-refractivity contribution is 0.537. The van der Waals surface area contributed by atoms with Gasteiger partial charge in [-0.25, -0.2) is 0 Å². The average molecular weight is 232 g/mol. The second kappa shape index (κ2) is 7.13. The third-order valence-corrected chi connectivity index (χ3v) is 2.85. The van der Waals surface area contributed by atoms with Crippen LogP contribution >= 0.6 is 0 Å². The molecule has 17 heavy (non-hydrogen) atoms. The number of nitrogens with zero attached hydrogens (tertiary/aromatic N) is 1. The average Bonchev–Trinajstić information content (AvgIpc) is 2.34. The van der Waals surface area contributed by atoms with E-state index in [4.69, 9.17) is 0 Å². The van der Waals surface area contributed by atoms with Gasteiger partial charge in [-0.05, 0) is 37.1 Å². The van der Waals surface area contributed by atoms with Crippen LogP contribution in [0.3, 0.4) is 0 Å². The van der Waals surface area contributed by atoms with Gasteiger partial charge in [-0.15, -0.1) is 6.58 Å². The molecule has 1 N–H and O–H groups in total. The summed E-state index contributed by atoms with van der Waals surface area (Å²) in [4.78, 5) is 2.12. The summed E-state index contributed by atoms with van der Waals surface area (Å²) in [6, 6.07) is 9.12. The molecule has 0 aliphatic heterocycles. The maximum absolute atomic E-state index is 3.83. The second-order valence-corrected chi connectivity index (χ2v) is 4.52. The minimum absolute atomic E-state index is 0.392. The van der Waals surface area contributed by atoms with Crippen LogP contribution < -0.4 is 10.2 Å². The molecule has 2 nitrogen and oxygen atoms in total. The Morgan fingerprint density at radius 3 is 2.41 bits per heavy atom. The Morgan fingerprint density at radius 2 is 1.94 bits per heavy atom. The molecule has 0 amide bonds. The van der Waals surface area contributed by atoms with Gasteiger partial charge >= 0.3 is 0 Å². The van der Waals surface area contributed by atoms with Crippen molar-refractivity contribution in [3.8, 4) is 0 Å². The predicted octanol–water partition coefficient (Wildman–Crippen LogP) is 3.37. The first-order valence-electron chi connectivity index (χ1n) is 6.30. The van der Waals surface area contributed by atoms with Gasteiger partial charge in [0.2, 0.25) is 0 Å². The van der Waals surface area contributed by atoms with Crippen LogP contribution in [0.2, 0.25) is 0 Å². The Hall–Kier alpha value is -1.28. The Kier molecular flexibility index (Phi) is 5.78. The number of benzene rings is 1. The molecule has 2 heteroatoms. The Morgan fingerprint density at radius 1 is 1.29 bits per heavy atom. The molecule has 94 valence electrons. The van der Waals surface area contributed by atoms with E-state index in [9.17, 15) is 0 Å². The van der Waals surface area contributed by atoms with Gasteiger partial charge in [0.1, 0.15) is 0 Å². The lowest BCUT2D eigenvalue weighted by atomic mass is 10.0. The zero-order valence-electron chi connectivity index (χ0n) is 11.2. The predicted molar refractivity (Wildman–Crippen MR) is 76.6 cm³/mol. The van der Waals surface area contributed by atoms with Crippen molar-refractivity contribution in [3.05, 3.63) is 42.5 Å². The molecule has 0 saturated carbocycles. The molecule has 1 atom stereocenters. The molecule has 0 spiro atoms. The van der Waals surface area contributed by atoms with E-state index in [-0.39, 0.29) is 0 Å². The van der Waals surface area contributed by atoms with E-state index in [1.165, 1.54) is 11.3 Å². The fourth-order valence-corrected chi connectivity index (χ4v) is 1.83. The van der Waals surface area contributed by atoms with E-state index in [2.05, 4.69) is 62.1 Å². The summed E-state index contributed by atoms with van der Waals surface area (Å²) in [7, 11) is 4.12. The summed E-state index contributed by atoms with van der Waals surface area (Å²) in [6.07, 6.45) is 4.11. The van der Waals surface area contributed by atoms with Crippen LogP contribution in [0.15, 0.2) is 36.9 Å². The lowest BCUT2D eigenvalue weighted by Gasteiger charge is -2.19. The summed E-state index contributed by atoms with van der Waals surface area (Å²) in [6.45, 7) is 7.07. The summed E-state index contributed by atoms with van der Waals surface area (Å²) in [5.74, 6) is 0. The van der Waals surface area contributed by atoms with Crippen LogP contribution in [0.5, 0.6) is 0 Å². The van der Waals surface area contributed by atoms with Crippen molar-refractivity contribution in [1.29, 1.82) is 0 Å². The highest BCUT2D eigenvalue weighted by Gasteiger charge is 2.08. The van der Waals surface area contributed by atoms with Crippen molar-refractivity contribution in [3.63, 3.8) is 0 Å². The smallest absolute Gasteiger partial charge is 0.0361 e. The fourth-order valence-electron chi connectivity index (χ4n) is 1.83. The third kappa shape index (κ3) is 4.23. The normalized spacial score (nSPS) is 12.2. The maximum Gasteiger partial charge on any atom is 0.0361 e. The molecule has 1 aromatic carbocycles. The number of hydrogen-bond donors (Lipinski definition) is 1. The van der Waals surface area contributed by atoms with Gasteiger partial charge < -0.3 is 10.2 Å². The highest BCUT2D eigenvalue weighted by molar-refractivity contribution is 5.46. The van der Waals surface area contributed by atoms with E-state index >= 15 is 0 Å². The molecule has 0 aromatic heterocycles. The van der Waals surface area contributed by atoms with Crippen molar-refractivity contribution < 1.29 is 0 Å². The summed E-state index contributed by atoms with van der Waals surface area (Å²) >= 11 is 0. The van der Waals surface area contributed by atoms with Crippen molar-refractivity contribution in [2.45, 2.75) is 25.8 Å². The van der Waals surface area contributed by atoms with Crippen molar-refractivity contribution in [2.75, 3.05) is 25.5 Å². The third-order valence-electron chi connectivity index (χ3n) is 2.85. The fraction of sp³-hybridized carbons (Fsp3) is 0.467. The van der Waals surface area contributed by atoms with Crippen LogP contribution in [0.4, 0.5) is 5.69 Å². The van der Waals surface area contributed by atoms with Gasteiger partial charge in [0.05, 0.1) is 0 Å². The SMILES string of the molecule is C=CCC(NCCC)c1ccc(N(C)C)cc1. The molecule has 0 fully saturated rings. The van der Waals surface area contributed by atoms with Crippen molar-refractivity contribution >= 4 is 5.69 Å². The number of anilines is 1. The highest BCUT2D eigenvalue weighted by Crippen LogP contribution is 2.20. The monoisotopic (exact) mass is 232 g/mol. The molecular weight excluding hydrogens is 208 g/mol. The first-order chi connectivity index (χ1) is 8.19. The molecule has 0 heterocycles. The molecular formula is C15H24N2. The van der Waals surface area contributed by atoms with Crippen LogP contribution in [-0.4, -0.2) is 20.6 Å². The quantitative estimate of drug-likeness (QED) is 0.725. The van der Waals surface area contributed by atoms with Gasteiger partial charge in [-0.2, -0.15) is 0 Å². The number of rotatable bonds is 7. The van der Waals surface area contributed by atoms with Gasteiger partial charge in [0, 0.05) is 25.8 Å². The van der Waals surface area contributed by atoms with Crippen LogP contribution in [0.1, 0.15) is 31.4 Å². The molecule has 0 aliphatic rings. The molecule has 1 unspecified atom stereocenters. The standard InChI is InChI=1S/C15H24N2/c1-5-7-15(16-12-6-2)13-8-10-14(11-9-13)17(3)4/h5,8-11,15-16H,1,6-7,12H2,2-4H3. The minimum Gasteiger partial charge on any atom is -0.378 e. The number of nitrogens with one attached hydrogen (secondary N) is 1. The lowest BCUT2D eigenvalue weighted by Crippen LogP contribution is -2.21. The van der Waals surface area contributed by atoms with Gasteiger partial charge in [-0.1, -0.05) is 25.1 Å². The zero-order chi connectivity index (χ0) is 12.7. The zero-order valence-corrected chi connectivity index (χ0v) is 11.2. The Labute approximate surface area is 105 Å². The molecule has 1 aromatic rings. The van der Waals surface area contributed by atoms with E-state index in [1.807, 2.05) is 6.08 Å². The maximum atomic E-state index is 3.83. The van der Waals surface area contributed by atoms with Crippen molar-refractivity contribution in [1.82, 2.24) is 5.32 Å². The topological polar surface area (TPSA) is 15.3 Å². The van der Waals surface area contributed by atoms with Gasteiger partial charge in [-0.3, -0.25) is 0 Å². The first-order valence-corrected chi connectivity index (χ1v) is 6.30. The largest absolute Gasteiger partial charge is 0.378 e. The number of hydrogen-bond acceptors (Lipinski definition) is 2. The summed E-state index contributed by atoms with van der Waals surface area (Å²) < 4.78 is 0. The van der Waals surface area contributed by atoms with E-state index in [0.717, 1.165) is 19.4 Å². The van der Waals surface area contributed by atoms with E-state index in [1.54, 1.807) is 0 Å².